The summed E-state index contributed by atoms with van der Waals surface area (Å²) in [6.07, 6.45) is 3.11. The molecule has 1 amide bonds. The van der Waals surface area contributed by atoms with Gasteiger partial charge in [0.2, 0.25) is 5.76 Å². The molecule has 0 aromatic carbocycles. The van der Waals surface area contributed by atoms with E-state index >= 15 is 0 Å². The summed E-state index contributed by atoms with van der Waals surface area (Å²) in [6.45, 7) is 1.29. The van der Waals surface area contributed by atoms with Crippen molar-refractivity contribution >= 4 is 17.4 Å². The quantitative estimate of drug-likeness (QED) is 0.706. The fourth-order valence-electron chi connectivity index (χ4n) is 3.11. The van der Waals surface area contributed by atoms with Crippen LogP contribution in [0.5, 0.6) is 0 Å². The summed E-state index contributed by atoms with van der Waals surface area (Å²) < 4.78 is 6.77. The Morgan fingerprint density at radius 1 is 1.20 bits per heavy atom. The number of fused-ring (bicyclic) bond motifs is 1. The first-order chi connectivity index (χ1) is 12.1. The zero-order valence-electron chi connectivity index (χ0n) is 14.2. The molecule has 0 unspecified atom stereocenters. The first kappa shape index (κ1) is 15.6. The van der Waals surface area contributed by atoms with E-state index in [-0.39, 0.29) is 17.6 Å². The van der Waals surface area contributed by atoms with Crippen LogP contribution in [-0.4, -0.2) is 63.0 Å². The molecule has 4 rings (SSSR count). The maximum Gasteiger partial charge on any atom is 0.292 e. The van der Waals surface area contributed by atoms with Crippen LogP contribution in [0.25, 0.3) is 5.65 Å². The van der Waals surface area contributed by atoms with Crippen molar-refractivity contribution < 1.29 is 9.32 Å². The molecule has 3 aromatic rings. The maximum atomic E-state index is 12.3. The number of amides is 1. The van der Waals surface area contributed by atoms with E-state index in [4.69, 9.17) is 4.52 Å². The Kier molecular flexibility index (Phi) is 3.83. The van der Waals surface area contributed by atoms with Gasteiger partial charge >= 0.3 is 0 Å². The van der Waals surface area contributed by atoms with Crippen molar-refractivity contribution in [3.8, 4) is 0 Å². The summed E-state index contributed by atoms with van der Waals surface area (Å²) in [7, 11) is 3.90. The second-order valence-corrected chi connectivity index (χ2v) is 6.36. The van der Waals surface area contributed by atoms with Gasteiger partial charge in [-0.3, -0.25) is 4.79 Å². The van der Waals surface area contributed by atoms with Crippen LogP contribution in [0.2, 0.25) is 0 Å². The summed E-state index contributed by atoms with van der Waals surface area (Å²) in [4.78, 5) is 16.1. The van der Waals surface area contributed by atoms with Crippen LogP contribution in [0.3, 0.4) is 0 Å². The molecule has 4 heterocycles. The van der Waals surface area contributed by atoms with Gasteiger partial charge in [0.15, 0.2) is 11.5 Å². The molecule has 1 saturated heterocycles. The second kappa shape index (κ2) is 6.15. The smallest absolute Gasteiger partial charge is 0.292 e. The number of nitrogens with zero attached hydrogens (tertiary/aromatic N) is 7. The molecule has 0 spiro atoms. The number of carbonyl (C=O) groups excluding carboxylic acids is 1. The molecule has 0 aliphatic carbocycles. The van der Waals surface area contributed by atoms with Crippen molar-refractivity contribution in [1.29, 1.82) is 0 Å². The van der Waals surface area contributed by atoms with Crippen molar-refractivity contribution in [1.82, 2.24) is 29.9 Å². The number of likely N-dealkylation sites (tertiary alicyclic amines) is 1. The van der Waals surface area contributed by atoms with Gasteiger partial charge in [-0.1, -0.05) is 5.16 Å². The van der Waals surface area contributed by atoms with Gasteiger partial charge in [-0.2, -0.15) is 4.52 Å². The summed E-state index contributed by atoms with van der Waals surface area (Å²) in [5.41, 5.74) is 0.737. The molecule has 1 aliphatic heterocycles. The normalized spacial score (nSPS) is 15.7. The molecule has 1 aliphatic rings. The van der Waals surface area contributed by atoms with E-state index in [1.165, 1.54) is 6.20 Å². The maximum absolute atomic E-state index is 12.3. The van der Waals surface area contributed by atoms with E-state index in [1.54, 1.807) is 11.0 Å². The molecule has 9 heteroatoms. The largest absolute Gasteiger partial charge is 0.361 e. The number of carbonyl (C=O) groups is 1. The first-order valence-corrected chi connectivity index (χ1v) is 8.23. The first-order valence-electron chi connectivity index (χ1n) is 8.23. The fraction of sp³-hybridized carbons (Fsp3) is 0.438. The molecular formula is C16H19N7O2. The Labute approximate surface area is 144 Å². The highest BCUT2D eigenvalue weighted by atomic mass is 16.5. The molecule has 9 nitrogen and oxygen atoms in total. The molecule has 0 atom stereocenters. The van der Waals surface area contributed by atoms with Gasteiger partial charge in [-0.05, 0) is 25.0 Å². The Morgan fingerprint density at radius 3 is 2.68 bits per heavy atom. The lowest BCUT2D eigenvalue weighted by Crippen LogP contribution is -2.38. The molecule has 0 N–H and O–H groups in total. The lowest BCUT2D eigenvalue weighted by Gasteiger charge is -2.30. The van der Waals surface area contributed by atoms with Crippen LogP contribution >= 0.6 is 0 Å². The lowest BCUT2D eigenvalue weighted by atomic mass is 9.96. The molecule has 0 saturated carbocycles. The standard InChI is InChI=1S/C16H19N7O2/c1-21(2)14-4-3-13-18-19-15(23(13)20-14)11-6-9-22(10-7-11)16(24)12-5-8-17-25-12/h3-5,8,11H,6-7,9-10H2,1-2H3. The average molecular weight is 341 g/mol. The fourth-order valence-corrected chi connectivity index (χ4v) is 3.11. The number of hydrogen-bond donors (Lipinski definition) is 0. The van der Waals surface area contributed by atoms with Crippen LogP contribution in [0.1, 0.15) is 35.1 Å². The molecular weight excluding hydrogens is 322 g/mol. The monoisotopic (exact) mass is 341 g/mol. The number of anilines is 1. The van der Waals surface area contributed by atoms with Gasteiger partial charge in [0.1, 0.15) is 5.82 Å². The third-order valence-corrected chi connectivity index (χ3v) is 4.53. The van der Waals surface area contributed by atoms with Crippen molar-refractivity contribution in [2.24, 2.45) is 0 Å². The Balaban J connectivity index is 1.52. The number of aromatic nitrogens is 5. The van der Waals surface area contributed by atoms with Crippen LogP contribution in [-0.2, 0) is 0 Å². The van der Waals surface area contributed by atoms with Crippen molar-refractivity contribution in [2.75, 3.05) is 32.1 Å². The summed E-state index contributed by atoms with van der Waals surface area (Å²) >= 11 is 0. The van der Waals surface area contributed by atoms with E-state index in [9.17, 15) is 4.79 Å². The molecule has 25 heavy (non-hydrogen) atoms. The molecule has 1 fully saturated rings. The van der Waals surface area contributed by atoms with Gasteiger partial charge < -0.3 is 14.3 Å². The highest BCUT2D eigenvalue weighted by Gasteiger charge is 2.29. The third kappa shape index (κ3) is 2.81. The van der Waals surface area contributed by atoms with Gasteiger partial charge in [-0.15, -0.1) is 15.3 Å². The highest BCUT2D eigenvalue weighted by Crippen LogP contribution is 2.27. The second-order valence-electron chi connectivity index (χ2n) is 6.36. The highest BCUT2D eigenvalue weighted by molar-refractivity contribution is 5.91. The van der Waals surface area contributed by atoms with Crippen molar-refractivity contribution in [2.45, 2.75) is 18.8 Å². The van der Waals surface area contributed by atoms with Gasteiger partial charge in [-0.25, -0.2) is 0 Å². The van der Waals surface area contributed by atoms with E-state index in [2.05, 4.69) is 20.5 Å². The number of piperidine rings is 1. The van der Waals surface area contributed by atoms with Crippen molar-refractivity contribution in [3.63, 3.8) is 0 Å². The van der Waals surface area contributed by atoms with Gasteiger partial charge in [0, 0.05) is 39.2 Å². The molecule has 0 bridgehead atoms. The summed E-state index contributed by atoms with van der Waals surface area (Å²) in [5.74, 6) is 2.09. The number of hydrogen-bond acceptors (Lipinski definition) is 7. The summed E-state index contributed by atoms with van der Waals surface area (Å²) in [5, 5.41) is 16.8. The molecule has 3 aromatic heterocycles. The minimum absolute atomic E-state index is 0.116. The van der Waals surface area contributed by atoms with Crippen LogP contribution in [0, 0.1) is 0 Å². The minimum Gasteiger partial charge on any atom is -0.361 e. The average Bonchev–Trinajstić information content (AvgIpc) is 3.30. The zero-order valence-corrected chi connectivity index (χ0v) is 14.2. The molecule has 130 valence electrons. The Bertz CT molecular complexity index is 879. The van der Waals surface area contributed by atoms with E-state index < -0.39 is 0 Å². The van der Waals surface area contributed by atoms with E-state index in [0.717, 1.165) is 30.1 Å². The minimum atomic E-state index is -0.116. The summed E-state index contributed by atoms with van der Waals surface area (Å²) in [6, 6.07) is 5.43. The lowest BCUT2D eigenvalue weighted by molar-refractivity contribution is 0.0668. The van der Waals surface area contributed by atoms with Crippen LogP contribution in [0.4, 0.5) is 5.82 Å². The number of rotatable bonds is 3. The van der Waals surface area contributed by atoms with E-state index in [0.29, 0.717) is 13.1 Å². The Morgan fingerprint density at radius 2 is 2.00 bits per heavy atom. The topological polar surface area (TPSA) is 92.7 Å². The molecule has 0 radical (unpaired) electrons. The van der Waals surface area contributed by atoms with Crippen LogP contribution < -0.4 is 4.90 Å². The zero-order chi connectivity index (χ0) is 17.4. The van der Waals surface area contributed by atoms with E-state index in [1.807, 2.05) is 35.6 Å². The van der Waals surface area contributed by atoms with Gasteiger partial charge in [0.05, 0.1) is 6.20 Å². The third-order valence-electron chi connectivity index (χ3n) is 4.53. The van der Waals surface area contributed by atoms with Crippen LogP contribution in [0.15, 0.2) is 28.9 Å². The van der Waals surface area contributed by atoms with Gasteiger partial charge in [0.25, 0.3) is 5.91 Å². The SMILES string of the molecule is CN(C)c1ccc2nnc(C3CCN(C(=O)c4ccno4)CC3)n2n1. The van der Waals surface area contributed by atoms with Crippen molar-refractivity contribution in [3.05, 3.63) is 36.0 Å². The predicted octanol–water partition coefficient (Wildman–Crippen LogP) is 1.20. The Hall–Kier alpha value is -2.97. The predicted molar refractivity (Wildman–Crippen MR) is 89.5 cm³/mol.